The van der Waals surface area contributed by atoms with Gasteiger partial charge in [-0.15, -0.1) is 0 Å². The number of benzene rings is 3. The predicted molar refractivity (Wildman–Crippen MR) is 144 cm³/mol. The second-order valence-corrected chi connectivity index (χ2v) is 8.91. The first-order chi connectivity index (χ1) is 17.4. The van der Waals surface area contributed by atoms with Gasteiger partial charge >= 0.3 is 0 Å². The maximum Gasteiger partial charge on any atom is 0.249 e. The number of halogens is 2. The molecular formula is C28H25Cl2N3O3. The zero-order chi connectivity index (χ0) is 25.5. The fraction of sp³-hybridized carbons (Fsp3) is 0.143. The summed E-state index contributed by atoms with van der Waals surface area (Å²) in [6.07, 6.45) is 4.94. The monoisotopic (exact) mass is 521 g/mol. The van der Waals surface area contributed by atoms with Gasteiger partial charge in [0.15, 0.2) is 5.82 Å². The lowest BCUT2D eigenvalue weighted by Crippen LogP contribution is -2.09. The minimum atomic E-state index is -0.301. The molecule has 4 aromatic rings. The highest BCUT2D eigenvalue weighted by Crippen LogP contribution is 2.25. The summed E-state index contributed by atoms with van der Waals surface area (Å²) < 4.78 is 13.1. The molecule has 1 heterocycles. The van der Waals surface area contributed by atoms with E-state index < -0.39 is 0 Å². The van der Waals surface area contributed by atoms with Crippen LogP contribution in [0.5, 0.6) is 11.5 Å². The van der Waals surface area contributed by atoms with Gasteiger partial charge in [0, 0.05) is 39.5 Å². The Balaban J connectivity index is 1.38. The Morgan fingerprint density at radius 3 is 2.58 bits per heavy atom. The highest BCUT2D eigenvalue weighted by Gasteiger charge is 2.09. The number of anilines is 1. The standard InChI is InChI=1S/C28H25Cl2N3O3/c1-19-5-3-6-22(15-19)36-18-21-16-20(9-11-26(21)35-2)10-12-28(34)31-27-13-14-33(32-27)17-23-24(29)7-4-8-25(23)30/h3-16H,17-18H2,1-2H3,(H,31,32,34)/b12-10+. The van der Waals surface area contributed by atoms with Gasteiger partial charge in [0.25, 0.3) is 0 Å². The van der Waals surface area contributed by atoms with Crippen LogP contribution >= 0.6 is 23.2 Å². The molecule has 4 rings (SSSR count). The molecule has 0 unspecified atom stereocenters. The van der Waals surface area contributed by atoms with Crippen LogP contribution in [0.3, 0.4) is 0 Å². The topological polar surface area (TPSA) is 65.4 Å². The normalized spacial score (nSPS) is 11.0. The number of hydrogen-bond donors (Lipinski definition) is 1. The van der Waals surface area contributed by atoms with Gasteiger partial charge < -0.3 is 14.8 Å². The molecule has 0 saturated heterocycles. The van der Waals surface area contributed by atoms with Crippen molar-refractivity contribution in [3.63, 3.8) is 0 Å². The molecule has 0 aliphatic rings. The van der Waals surface area contributed by atoms with Crippen molar-refractivity contribution in [2.45, 2.75) is 20.1 Å². The summed E-state index contributed by atoms with van der Waals surface area (Å²) in [4.78, 5) is 12.5. The van der Waals surface area contributed by atoms with E-state index in [1.165, 1.54) is 6.08 Å². The van der Waals surface area contributed by atoms with Gasteiger partial charge in [-0.25, -0.2) is 0 Å². The number of hydrogen-bond acceptors (Lipinski definition) is 4. The average molecular weight is 522 g/mol. The summed E-state index contributed by atoms with van der Waals surface area (Å²) in [5.74, 6) is 1.63. The van der Waals surface area contributed by atoms with Crippen LogP contribution in [0.15, 0.2) is 79.0 Å². The van der Waals surface area contributed by atoms with Crippen LogP contribution in [0, 0.1) is 6.92 Å². The number of amides is 1. The summed E-state index contributed by atoms with van der Waals surface area (Å²) >= 11 is 12.5. The molecule has 0 spiro atoms. The fourth-order valence-electron chi connectivity index (χ4n) is 3.58. The van der Waals surface area contributed by atoms with E-state index in [-0.39, 0.29) is 5.91 Å². The number of aromatic nitrogens is 2. The van der Waals surface area contributed by atoms with Crippen LogP contribution in [0.2, 0.25) is 10.0 Å². The first-order valence-electron chi connectivity index (χ1n) is 11.2. The van der Waals surface area contributed by atoms with Crippen molar-refractivity contribution in [1.29, 1.82) is 0 Å². The van der Waals surface area contributed by atoms with Crippen molar-refractivity contribution in [2.75, 3.05) is 12.4 Å². The highest BCUT2D eigenvalue weighted by molar-refractivity contribution is 6.35. The van der Waals surface area contributed by atoms with Crippen molar-refractivity contribution in [1.82, 2.24) is 9.78 Å². The van der Waals surface area contributed by atoms with Crippen LogP contribution in [-0.4, -0.2) is 22.8 Å². The van der Waals surface area contributed by atoms with Crippen molar-refractivity contribution in [2.24, 2.45) is 0 Å². The molecule has 1 aromatic heterocycles. The second kappa shape index (κ2) is 11.8. The van der Waals surface area contributed by atoms with E-state index in [9.17, 15) is 4.79 Å². The lowest BCUT2D eigenvalue weighted by molar-refractivity contribution is -0.111. The van der Waals surface area contributed by atoms with E-state index in [0.29, 0.717) is 34.8 Å². The van der Waals surface area contributed by atoms with Gasteiger partial charge in [0.2, 0.25) is 5.91 Å². The third kappa shape index (κ3) is 6.68. The van der Waals surface area contributed by atoms with Crippen molar-refractivity contribution in [3.05, 3.63) is 111 Å². The molecular weight excluding hydrogens is 497 g/mol. The molecule has 3 aromatic carbocycles. The first kappa shape index (κ1) is 25.4. The number of carbonyl (C=O) groups is 1. The number of methoxy groups -OCH3 is 1. The molecule has 0 bridgehead atoms. The molecule has 1 amide bonds. The number of nitrogens with one attached hydrogen (secondary N) is 1. The van der Waals surface area contributed by atoms with Crippen molar-refractivity contribution in [3.8, 4) is 11.5 Å². The molecule has 184 valence electrons. The van der Waals surface area contributed by atoms with Gasteiger partial charge in [-0.3, -0.25) is 9.48 Å². The van der Waals surface area contributed by atoms with E-state index >= 15 is 0 Å². The minimum Gasteiger partial charge on any atom is -0.496 e. The fourth-order valence-corrected chi connectivity index (χ4v) is 4.10. The Kier molecular flexibility index (Phi) is 8.31. The Bertz CT molecular complexity index is 1380. The van der Waals surface area contributed by atoms with Gasteiger partial charge in [0.05, 0.1) is 13.7 Å². The smallest absolute Gasteiger partial charge is 0.249 e. The third-order valence-electron chi connectivity index (χ3n) is 5.39. The van der Waals surface area contributed by atoms with E-state index in [1.807, 2.05) is 49.4 Å². The summed E-state index contributed by atoms with van der Waals surface area (Å²) in [7, 11) is 1.62. The SMILES string of the molecule is COc1ccc(/C=C/C(=O)Nc2ccn(Cc3c(Cl)cccc3Cl)n2)cc1COc1cccc(C)c1. The zero-order valence-corrected chi connectivity index (χ0v) is 21.4. The van der Waals surface area contributed by atoms with Gasteiger partial charge in [-0.05, 0) is 60.5 Å². The van der Waals surface area contributed by atoms with Crippen LogP contribution in [0.4, 0.5) is 5.82 Å². The largest absolute Gasteiger partial charge is 0.496 e. The first-order valence-corrected chi connectivity index (χ1v) is 12.0. The summed E-state index contributed by atoms with van der Waals surface area (Å²) in [6.45, 7) is 2.75. The van der Waals surface area contributed by atoms with E-state index in [1.54, 1.807) is 48.3 Å². The molecule has 0 fully saturated rings. The maximum absolute atomic E-state index is 12.5. The number of rotatable bonds is 9. The maximum atomic E-state index is 12.5. The number of ether oxygens (including phenoxy) is 2. The molecule has 0 atom stereocenters. The third-order valence-corrected chi connectivity index (χ3v) is 6.10. The molecule has 0 saturated carbocycles. The minimum absolute atomic E-state index is 0.301. The van der Waals surface area contributed by atoms with E-state index in [4.69, 9.17) is 32.7 Å². The lowest BCUT2D eigenvalue weighted by atomic mass is 10.1. The van der Waals surface area contributed by atoms with Crippen molar-refractivity contribution >= 4 is 41.0 Å². The summed E-state index contributed by atoms with van der Waals surface area (Å²) in [6, 6.07) is 20.6. The Labute approximate surface area is 220 Å². The molecule has 36 heavy (non-hydrogen) atoms. The molecule has 0 aliphatic carbocycles. The lowest BCUT2D eigenvalue weighted by Gasteiger charge is -2.11. The summed E-state index contributed by atoms with van der Waals surface area (Å²) in [5.41, 5.74) is 3.61. The van der Waals surface area contributed by atoms with Gasteiger partial charge in [-0.2, -0.15) is 5.10 Å². The van der Waals surface area contributed by atoms with Crippen LogP contribution in [-0.2, 0) is 17.9 Å². The quantitative estimate of drug-likeness (QED) is 0.246. The van der Waals surface area contributed by atoms with Gasteiger partial charge in [0.1, 0.15) is 18.1 Å². The molecule has 0 aliphatic heterocycles. The molecule has 8 heteroatoms. The Morgan fingerprint density at radius 1 is 1.06 bits per heavy atom. The van der Waals surface area contributed by atoms with Crippen LogP contribution in [0.25, 0.3) is 6.08 Å². The summed E-state index contributed by atoms with van der Waals surface area (Å²) in [5, 5.41) is 8.27. The zero-order valence-electron chi connectivity index (χ0n) is 19.9. The second-order valence-electron chi connectivity index (χ2n) is 8.10. The van der Waals surface area contributed by atoms with E-state index in [0.717, 1.165) is 28.0 Å². The van der Waals surface area contributed by atoms with E-state index in [2.05, 4.69) is 10.4 Å². The van der Waals surface area contributed by atoms with Gasteiger partial charge in [-0.1, -0.05) is 47.5 Å². The highest BCUT2D eigenvalue weighted by atomic mass is 35.5. The van der Waals surface area contributed by atoms with Crippen LogP contribution in [0.1, 0.15) is 22.3 Å². The Morgan fingerprint density at radius 2 is 1.83 bits per heavy atom. The Hall–Kier alpha value is -3.74. The predicted octanol–water partition coefficient (Wildman–Crippen LogP) is 6.79. The molecule has 1 N–H and O–H groups in total. The number of carbonyl (C=O) groups excluding carboxylic acids is 1. The van der Waals surface area contributed by atoms with Crippen molar-refractivity contribution < 1.29 is 14.3 Å². The number of nitrogens with zero attached hydrogens (tertiary/aromatic N) is 2. The number of aryl methyl sites for hydroxylation is 1. The van der Waals surface area contributed by atoms with Crippen LogP contribution < -0.4 is 14.8 Å². The molecule has 6 nitrogen and oxygen atoms in total. The average Bonchev–Trinajstić information content (AvgIpc) is 3.30. The molecule has 0 radical (unpaired) electrons.